The Labute approximate surface area is 167 Å². The first-order valence-electron chi connectivity index (χ1n) is 7.94. The van der Waals surface area contributed by atoms with Crippen molar-refractivity contribution in [1.29, 1.82) is 0 Å². The summed E-state index contributed by atoms with van der Waals surface area (Å²) in [6.07, 6.45) is 1.08. The van der Waals surface area contributed by atoms with Crippen molar-refractivity contribution in [1.82, 2.24) is 4.31 Å². The molecule has 0 fully saturated rings. The Kier molecular flexibility index (Phi) is 7.23. The summed E-state index contributed by atoms with van der Waals surface area (Å²) in [5.74, 6) is 0.528. The van der Waals surface area contributed by atoms with Gasteiger partial charge in [-0.15, -0.1) is 0 Å². The van der Waals surface area contributed by atoms with Crippen LogP contribution >= 0.6 is 15.9 Å². The van der Waals surface area contributed by atoms with E-state index in [0.29, 0.717) is 17.2 Å². The van der Waals surface area contributed by atoms with E-state index in [1.54, 1.807) is 30.3 Å². The largest absolute Gasteiger partial charge is 0.497 e. The molecule has 2 aromatic carbocycles. The summed E-state index contributed by atoms with van der Waals surface area (Å²) in [4.78, 5) is 12.4. The summed E-state index contributed by atoms with van der Waals surface area (Å²) < 4.78 is 36.5. The molecular formula is C18H21BrN2O5S. The molecule has 0 bridgehead atoms. The van der Waals surface area contributed by atoms with Gasteiger partial charge in [0, 0.05) is 17.1 Å². The highest BCUT2D eigenvalue weighted by Crippen LogP contribution is 2.29. The molecule has 9 heteroatoms. The third kappa shape index (κ3) is 6.23. The Balaban J connectivity index is 2.13. The van der Waals surface area contributed by atoms with Crippen molar-refractivity contribution >= 4 is 37.5 Å². The molecule has 2 rings (SSSR count). The molecule has 146 valence electrons. The number of nitrogens with one attached hydrogen (secondary N) is 1. The summed E-state index contributed by atoms with van der Waals surface area (Å²) in [5, 5.41) is 2.68. The van der Waals surface area contributed by atoms with Gasteiger partial charge in [-0.3, -0.25) is 4.79 Å². The zero-order chi connectivity index (χ0) is 20.0. The van der Waals surface area contributed by atoms with Crippen molar-refractivity contribution in [3.8, 4) is 11.5 Å². The van der Waals surface area contributed by atoms with Crippen molar-refractivity contribution in [2.24, 2.45) is 0 Å². The average Bonchev–Trinajstić information content (AvgIpc) is 2.62. The highest BCUT2D eigenvalue weighted by molar-refractivity contribution is 9.10. The van der Waals surface area contributed by atoms with Crippen LogP contribution in [0.25, 0.3) is 0 Å². The lowest BCUT2D eigenvalue weighted by Crippen LogP contribution is -2.36. The Morgan fingerprint density at radius 1 is 1.11 bits per heavy atom. The number of hydrogen-bond acceptors (Lipinski definition) is 5. The Hall–Kier alpha value is -2.10. The molecule has 0 saturated carbocycles. The highest BCUT2D eigenvalue weighted by Gasteiger charge is 2.21. The summed E-state index contributed by atoms with van der Waals surface area (Å²) in [5.41, 5.74) is 1.21. The maximum atomic E-state index is 12.4. The van der Waals surface area contributed by atoms with Gasteiger partial charge >= 0.3 is 0 Å². The van der Waals surface area contributed by atoms with Crippen molar-refractivity contribution in [2.75, 3.05) is 32.3 Å². The number of carbonyl (C=O) groups is 1. The molecule has 0 radical (unpaired) electrons. The Morgan fingerprint density at radius 3 is 2.33 bits per heavy atom. The van der Waals surface area contributed by atoms with Crippen molar-refractivity contribution in [2.45, 2.75) is 6.54 Å². The zero-order valence-corrected chi connectivity index (χ0v) is 17.6. The minimum Gasteiger partial charge on any atom is -0.497 e. The highest BCUT2D eigenvalue weighted by atomic mass is 79.9. The number of nitrogens with zero attached hydrogens (tertiary/aromatic N) is 1. The number of ether oxygens (including phenoxy) is 2. The number of amides is 1. The lowest BCUT2D eigenvalue weighted by molar-refractivity contribution is -0.116. The lowest BCUT2D eigenvalue weighted by Gasteiger charge is -2.20. The van der Waals surface area contributed by atoms with E-state index in [1.165, 1.54) is 14.2 Å². The average molecular weight is 457 g/mol. The summed E-state index contributed by atoms with van der Waals surface area (Å²) in [6.45, 7) is -0.219. The maximum absolute atomic E-state index is 12.4. The van der Waals surface area contributed by atoms with Gasteiger partial charge in [0.1, 0.15) is 11.5 Å². The summed E-state index contributed by atoms with van der Waals surface area (Å²) in [6, 6.07) is 12.2. The molecule has 0 aliphatic rings. The van der Waals surface area contributed by atoms with Crippen molar-refractivity contribution in [3.05, 3.63) is 52.5 Å². The minimum absolute atomic E-state index is 0.0965. The van der Waals surface area contributed by atoms with Crippen LogP contribution in [0.4, 0.5) is 5.69 Å². The van der Waals surface area contributed by atoms with Gasteiger partial charge in [0.05, 0.1) is 32.7 Å². The van der Waals surface area contributed by atoms with E-state index < -0.39 is 15.9 Å². The molecule has 7 nitrogen and oxygen atoms in total. The van der Waals surface area contributed by atoms with Crippen LogP contribution in [0.3, 0.4) is 0 Å². The number of methoxy groups -OCH3 is 2. The molecule has 0 aliphatic heterocycles. The van der Waals surface area contributed by atoms with Gasteiger partial charge in [0.15, 0.2) is 0 Å². The number of carbonyl (C=O) groups excluding carboxylic acids is 1. The SMILES string of the molecule is COc1ccc(NC(=O)CN(Cc2ccc(Br)cc2)S(C)(=O)=O)c(OC)c1. The number of hydrogen-bond donors (Lipinski definition) is 1. The first-order chi connectivity index (χ1) is 12.7. The fourth-order valence-corrected chi connectivity index (χ4v) is 3.34. The van der Waals surface area contributed by atoms with E-state index in [9.17, 15) is 13.2 Å². The second-order valence-electron chi connectivity index (χ2n) is 5.77. The third-order valence-electron chi connectivity index (χ3n) is 3.74. The van der Waals surface area contributed by atoms with E-state index in [2.05, 4.69) is 21.2 Å². The molecule has 0 unspecified atom stereocenters. The fraction of sp³-hybridized carbons (Fsp3) is 0.278. The molecule has 0 saturated heterocycles. The van der Waals surface area contributed by atoms with Gasteiger partial charge in [0.25, 0.3) is 0 Å². The van der Waals surface area contributed by atoms with Crippen LogP contribution in [0.5, 0.6) is 11.5 Å². The van der Waals surface area contributed by atoms with Gasteiger partial charge in [-0.05, 0) is 29.8 Å². The second kappa shape index (κ2) is 9.20. The van der Waals surface area contributed by atoms with Gasteiger partial charge < -0.3 is 14.8 Å². The van der Waals surface area contributed by atoms with Gasteiger partial charge in [-0.25, -0.2) is 8.42 Å². The topological polar surface area (TPSA) is 84.9 Å². The summed E-state index contributed by atoms with van der Waals surface area (Å²) >= 11 is 3.34. The van der Waals surface area contributed by atoms with E-state index in [0.717, 1.165) is 20.6 Å². The molecule has 0 aliphatic carbocycles. The van der Waals surface area contributed by atoms with Crippen LogP contribution in [0.1, 0.15) is 5.56 Å². The minimum atomic E-state index is -3.58. The van der Waals surface area contributed by atoms with Crippen LogP contribution in [0, 0.1) is 0 Å². The summed E-state index contributed by atoms with van der Waals surface area (Å²) in [7, 11) is -0.577. The monoisotopic (exact) mass is 456 g/mol. The number of benzene rings is 2. The van der Waals surface area contributed by atoms with Crippen LogP contribution < -0.4 is 14.8 Å². The van der Waals surface area contributed by atoms with Gasteiger partial charge in [-0.1, -0.05) is 28.1 Å². The van der Waals surface area contributed by atoms with E-state index in [-0.39, 0.29) is 13.1 Å². The second-order valence-corrected chi connectivity index (χ2v) is 8.67. The Bertz CT molecular complexity index is 900. The molecule has 0 spiro atoms. The van der Waals surface area contributed by atoms with Gasteiger partial charge in [0.2, 0.25) is 15.9 Å². The molecule has 0 aromatic heterocycles. The molecule has 1 N–H and O–H groups in total. The third-order valence-corrected chi connectivity index (χ3v) is 5.47. The molecule has 0 atom stereocenters. The smallest absolute Gasteiger partial charge is 0.239 e. The van der Waals surface area contributed by atoms with Crippen molar-refractivity contribution in [3.63, 3.8) is 0 Å². The first-order valence-corrected chi connectivity index (χ1v) is 10.6. The number of sulfonamides is 1. The van der Waals surface area contributed by atoms with Gasteiger partial charge in [-0.2, -0.15) is 4.31 Å². The predicted molar refractivity (Wildman–Crippen MR) is 108 cm³/mol. The lowest BCUT2D eigenvalue weighted by atomic mass is 10.2. The molecule has 27 heavy (non-hydrogen) atoms. The molecule has 0 heterocycles. The quantitative estimate of drug-likeness (QED) is 0.659. The predicted octanol–water partition coefficient (Wildman–Crippen LogP) is 2.87. The number of rotatable bonds is 8. The van der Waals surface area contributed by atoms with E-state index in [4.69, 9.17) is 9.47 Å². The molecule has 2 aromatic rings. The molecular weight excluding hydrogens is 436 g/mol. The first kappa shape index (κ1) is 21.2. The standard InChI is InChI=1S/C18H21BrN2O5S/c1-25-15-8-9-16(17(10-15)26-2)20-18(22)12-21(27(3,23)24)11-13-4-6-14(19)7-5-13/h4-10H,11-12H2,1-3H3,(H,20,22). The number of anilines is 1. The maximum Gasteiger partial charge on any atom is 0.239 e. The molecule has 1 amide bonds. The van der Waals surface area contributed by atoms with Crippen LogP contribution in [0.2, 0.25) is 0 Å². The fourth-order valence-electron chi connectivity index (χ4n) is 2.34. The Morgan fingerprint density at radius 2 is 1.78 bits per heavy atom. The van der Waals surface area contributed by atoms with Crippen molar-refractivity contribution < 1.29 is 22.7 Å². The van der Waals surface area contributed by atoms with E-state index >= 15 is 0 Å². The van der Waals surface area contributed by atoms with Crippen LogP contribution in [-0.4, -0.2) is 45.7 Å². The van der Waals surface area contributed by atoms with E-state index in [1.807, 2.05) is 12.1 Å². The number of halogens is 1. The normalized spacial score (nSPS) is 11.3. The zero-order valence-electron chi connectivity index (χ0n) is 15.2. The van der Waals surface area contributed by atoms with Crippen LogP contribution in [-0.2, 0) is 21.4 Å². The van der Waals surface area contributed by atoms with Crippen LogP contribution in [0.15, 0.2) is 46.9 Å².